The molecule has 0 atom stereocenters. The molecule has 0 amide bonds. The summed E-state index contributed by atoms with van der Waals surface area (Å²) in [5.41, 5.74) is 2.92. The number of para-hydroxylation sites is 1. The van der Waals surface area contributed by atoms with Crippen LogP contribution in [0.5, 0.6) is 0 Å². The lowest BCUT2D eigenvalue weighted by Crippen LogP contribution is -1.97. The van der Waals surface area contributed by atoms with E-state index in [1.165, 1.54) is 0 Å². The highest BCUT2D eigenvalue weighted by atomic mass is 16.5. The fourth-order valence-corrected chi connectivity index (χ4v) is 2.25. The first kappa shape index (κ1) is 11.0. The molecule has 0 saturated heterocycles. The molecule has 4 nitrogen and oxygen atoms in total. The Bertz CT molecular complexity index is 682. The van der Waals surface area contributed by atoms with Crippen LogP contribution in [0.4, 0.5) is 0 Å². The van der Waals surface area contributed by atoms with Crippen molar-refractivity contribution in [1.82, 2.24) is 9.72 Å². The van der Waals surface area contributed by atoms with E-state index in [2.05, 4.69) is 9.72 Å². The van der Waals surface area contributed by atoms with Gasteiger partial charge in [0.1, 0.15) is 11.5 Å². The minimum Gasteiger partial charge on any atom is -0.392 e. The van der Waals surface area contributed by atoms with Crippen molar-refractivity contribution in [1.29, 1.82) is 0 Å². The summed E-state index contributed by atoms with van der Waals surface area (Å²) in [6.07, 6.45) is 1.97. The number of hydrogen-bond acceptors (Lipinski definition) is 3. The molecule has 0 bridgehead atoms. The van der Waals surface area contributed by atoms with Crippen LogP contribution in [0.2, 0.25) is 0 Å². The summed E-state index contributed by atoms with van der Waals surface area (Å²) < 4.78 is 7.15. The highest BCUT2D eigenvalue weighted by Crippen LogP contribution is 2.22. The number of aromatic nitrogens is 2. The summed E-state index contributed by atoms with van der Waals surface area (Å²) in [4.78, 5) is 0. The smallest absolute Gasteiger partial charge is 0.133 e. The summed E-state index contributed by atoms with van der Waals surface area (Å²) in [6.45, 7) is 2.58. The number of benzene rings is 1. The fourth-order valence-electron chi connectivity index (χ4n) is 2.25. The van der Waals surface area contributed by atoms with Crippen LogP contribution in [-0.4, -0.2) is 14.8 Å². The highest BCUT2D eigenvalue weighted by Gasteiger charge is 2.09. The number of hydrogen-bond donors (Lipinski definition) is 1. The average Bonchev–Trinajstić information content (AvgIpc) is 2.95. The van der Waals surface area contributed by atoms with Gasteiger partial charge in [-0.15, -0.1) is 0 Å². The predicted octanol–water partition coefficient (Wildman–Crippen LogP) is 2.48. The van der Waals surface area contributed by atoms with E-state index in [-0.39, 0.29) is 6.61 Å². The van der Waals surface area contributed by atoms with Gasteiger partial charge in [-0.25, -0.2) is 0 Å². The lowest BCUT2D eigenvalue weighted by atomic mass is 10.2. The van der Waals surface area contributed by atoms with E-state index in [0.717, 1.165) is 27.9 Å². The van der Waals surface area contributed by atoms with Crippen molar-refractivity contribution in [2.45, 2.75) is 20.1 Å². The highest BCUT2D eigenvalue weighted by molar-refractivity contribution is 5.83. The Balaban J connectivity index is 2.06. The van der Waals surface area contributed by atoms with Gasteiger partial charge >= 0.3 is 0 Å². The maximum Gasteiger partial charge on any atom is 0.133 e. The van der Waals surface area contributed by atoms with E-state index in [9.17, 15) is 5.11 Å². The average molecular weight is 242 g/mol. The molecule has 1 aromatic carbocycles. The van der Waals surface area contributed by atoms with Crippen LogP contribution in [0.1, 0.15) is 17.0 Å². The number of fused-ring (bicyclic) bond motifs is 1. The number of aryl methyl sites for hydroxylation is 1. The molecule has 0 saturated carbocycles. The molecule has 0 aliphatic carbocycles. The third kappa shape index (κ3) is 1.80. The van der Waals surface area contributed by atoms with Crippen LogP contribution in [0.15, 0.2) is 41.1 Å². The molecule has 3 aromatic rings. The summed E-state index contributed by atoms with van der Waals surface area (Å²) in [5, 5.41) is 14.4. The van der Waals surface area contributed by atoms with Gasteiger partial charge in [-0.05, 0) is 13.0 Å². The molecule has 0 spiro atoms. The maximum absolute atomic E-state index is 9.37. The molecule has 0 aliphatic heterocycles. The third-order valence-corrected chi connectivity index (χ3v) is 3.05. The van der Waals surface area contributed by atoms with Gasteiger partial charge in [0, 0.05) is 28.7 Å². The summed E-state index contributed by atoms with van der Waals surface area (Å²) in [5.74, 6) is 0.809. The lowest BCUT2D eigenvalue weighted by Gasteiger charge is -2.01. The molecular weight excluding hydrogens is 228 g/mol. The molecule has 2 heterocycles. The van der Waals surface area contributed by atoms with E-state index in [1.54, 1.807) is 0 Å². The monoisotopic (exact) mass is 242 g/mol. The first-order valence-electron chi connectivity index (χ1n) is 5.88. The van der Waals surface area contributed by atoms with Crippen LogP contribution >= 0.6 is 0 Å². The quantitative estimate of drug-likeness (QED) is 0.767. The Morgan fingerprint density at radius 1 is 1.33 bits per heavy atom. The third-order valence-electron chi connectivity index (χ3n) is 3.05. The van der Waals surface area contributed by atoms with Crippen LogP contribution in [0.3, 0.4) is 0 Å². The lowest BCUT2D eigenvalue weighted by molar-refractivity contribution is 0.283. The topological polar surface area (TPSA) is 51.2 Å². The van der Waals surface area contributed by atoms with Gasteiger partial charge in [0.25, 0.3) is 0 Å². The summed E-state index contributed by atoms with van der Waals surface area (Å²) in [6, 6.07) is 9.96. The van der Waals surface area contributed by atoms with Crippen LogP contribution < -0.4 is 0 Å². The van der Waals surface area contributed by atoms with Crippen molar-refractivity contribution >= 4 is 10.9 Å². The van der Waals surface area contributed by atoms with Gasteiger partial charge in [0.2, 0.25) is 0 Å². The molecule has 3 rings (SSSR count). The molecule has 0 aliphatic rings. The second-order valence-corrected chi connectivity index (χ2v) is 4.39. The number of aliphatic hydroxyl groups excluding tert-OH is 1. The van der Waals surface area contributed by atoms with Gasteiger partial charge in [-0.3, -0.25) is 0 Å². The Morgan fingerprint density at radius 3 is 2.89 bits per heavy atom. The zero-order valence-electron chi connectivity index (χ0n) is 10.1. The molecule has 0 unspecified atom stereocenters. The maximum atomic E-state index is 9.37. The van der Waals surface area contributed by atoms with Crippen molar-refractivity contribution in [2.24, 2.45) is 0 Å². The number of nitrogens with zero attached hydrogens (tertiary/aromatic N) is 2. The normalized spacial score (nSPS) is 11.2. The van der Waals surface area contributed by atoms with E-state index in [0.29, 0.717) is 6.54 Å². The Morgan fingerprint density at radius 2 is 2.17 bits per heavy atom. The molecular formula is C14H14N2O2. The molecule has 0 fully saturated rings. The minimum atomic E-state index is 0.0470. The van der Waals surface area contributed by atoms with Crippen molar-refractivity contribution < 1.29 is 9.63 Å². The number of rotatable bonds is 3. The van der Waals surface area contributed by atoms with Crippen LogP contribution in [-0.2, 0) is 13.2 Å². The Kier molecular flexibility index (Phi) is 2.64. The number of aliphatic hydroxyl groups is 1. The predicted molar refractivity (Wildman–Crippen MR) is 68.2 cm³/mol. The van der Waals surface area contributed by atoms with E-state index in [1.807, 2.05) is 43.5 Å². The van der Waals surface area contributed by atoms with Crippen molar-refractivity contribution in [3.63, 3.8) is 0 Å². The largest absolute Gasteiger partial charge is 0.392 e. The van der Waals surface area contributed by atoms with Gasteiger partial charge in [-0.1, -0.05) is 23.4 Å². The molecule has 0 radical (unpaired) electrons. The van der Waals surface area contributed by atoms with Gasteiger partial charge in [-0.2, -0.15) is 0 Å². The van der Waals surface area contributed by atoms with Gasteiger partial charge < -0.3 is 14.2 Å². The van der Waals surface area contributed by atoms with E-state index >= 15 is 0 Å². The summed E-state index contributed by atoms with van der Waals surface area (Å²) in [7, 11) is 0. The molecule has 2 aromatic heterocycles. The second kappa shape index (κ2) is 4.31. The zero-order valence-corrected chi connectivity index (χ0v) is 10.1. The zero-order chi connectivity index (χ0) is 12.5. The molecule has 1 N–H and O–H groups in total. The Labute approximate surface area is 104 Å². The van der Waals surface area contributed by atoms with E-state index in [4.69, 9.17) is 4.52 Å². The first-order chi connectivity index (χ1) is 8.78. The minimum absolute atomic E-state index is 0.0470. The second-order valence-electron chi connectivity index (χ2n) is 4.39. The van der Waals surface area contributed by atoms with Crippen molar-refractivity contribution in [3.8, 4) is 0 Å². The summed E-state index contributed by atoms with van der Waals surface area (Å²) >= 11 is 0. The van der Waals surface area contributed by atoms with Crippen molar-refractivity contribution in [2.75, 3.05) is 0 Å². The van der Waals surface area contributed by atoms with Crippen LogP contribution in [0.25, 0.3) is 10.9 Å². The van der Waals surface area contributed by atoms with Gasteiger partial charge in [0.05, 0.1) is 13.2 Å². The van der Waals surface area contributed by atoms with E-state index < -0.39 is 0 Å². The van der Waals surface area contributed by atoms with Crippen LogP contribution in [0, 0.1) is 6.92 Å². The van der Waals surface area contributed by atoms with Gasteiger partial charge in [0.15, 0.2) is 0 Å². The standard InChI is InChI=1S/C14H14N2O2/c1-10-6-12(15-18-10)8-16-7-11(9-17)13-4-2-3-5-14(13)16/h2-7,17H,8-9H2,1H3. The first-order valence-corrected chi connectivity index (χ1v) is 5.88. The molecule has 18 heavy (non-hydrogen) atoms. The SMILES string of the molecule is Cc1cc(Cn2cc(CO)c3ccccc32)no1. The molecule has 92 valence electrons. The fraction of sp³-hybridized carbons (Fsp3) is 0.214. The van der Waals surface area contributed by atoms with Crippen molar-refractivity contribution in [3.05, 3.63) is 53.5 Å². The molecule has 4 heteroatoms. The Hall–Kier alpha value is -2.07.